The molecule has 1 N–H and O–H groups in total. The smallest absolute Gasteiger partial charge is 0.307 e. The highest BCUT2D eigenvalue weighted by molar-refractivity contribution is 14.1. The van der Waals surface area contributed by atoms with Crippen LogP contribution in [0.15, 0.2) is 6.07 Å². The second-order valence-corrected chi connectivity index (χ2v) is 4.00. The molecule has 1 aromatic heterocycles. The van der Waals surface area contributed by atoms with E-state index in [-0.39, 0.29) is 11.4 Å². The summed E-state index contributed by atoms with van der Waals surface area (Å²) in [6, 6.07) is 1.32. The minimum Gasteiger partial charge on any atom is -0.481 e. The van der Waals surface area contributed by atoms with Gasteiger partial charge >= 0.3 is 5.97 Å². The summed E-state index contributed by atoms with van der Waals surface area (Å²) in [5.41, 5.74) is -0.427. The summed E-state index contributed by atoms with van der Waals surface area (Å²) < 4.78 is 30.6. The van der Waals surface area contributed by atoms with E-state index >= 15 is 0 Å². The summed E-state index contributed by atoms with van der Waals surface area (Å²) in [7, 11) is 1.22. The number of carboxylic acids is 1. The standard InChI is InChI=1S/C9H8F2INO3/c1-16-9-7(8(10)11)4(3-6(14)15)2-5(12)13-9/h2,8H,3H2,1H3,(H,14,15). The van der Waals surface area contributed by atoms with Crippen molar-refractivity contribution >= 4 is 28.6 Å². The van der Waals surface area contributed by atoms with Gasteiger partial charge in [0.25, 0.3) is 6.43 Å². The number of hydrogen-bond donors (Lipinski definition) is 1. The first-order valence-corrected chi connectivity index (χ1v) is 5.26. The van der Waals surface area contributed by atoms with Crippen molar-refractivity contribution in [3.8, 4) is 5.88 Å². The average molecular weight is 343 g/mol. The predicted octanol–water partition coefficient (Wildman–Crippen LogP) is 2.26. The Bertz CT molecular complexity index is 412. The van der Waals surface area contributed by atoms with Crippen LogP contribution in [0.1, 0.15) is 17.6 Å². The van der Waals surface area contributed by atoms with E-state index < -0.39 is 24.4 Å². The van der Waals surface area contributed by atoms with Crippen molar-refractivity contribution in [2.24, 2.45) is 0 Å². The number of hydrogen-bond acceptors (Lipinski definition) is 3. The average Bonchev–Trinajstić information content (AvgIpc) is 2.14. The topological polar surface area (TPSA) is 59.4 Å². The van der Waals surface area contributed by atoms with Crippen LogP contribution in [-0.4, -0.2) is 23.2 Å². The predicted molar refractivity (Wildman–Crippen MR) is 59.8 cm³/mol. The van der Waals surface area contributed by atoms with Crippen LogP contribution in [0, 0.1) is 3.70 Å². The quantitative estimate of drug-likeness (QED) is 0.673. The molecule has 1 aromatic rings. The highest BCUT2D eigenvalue weighted by atomic mass is 127. The number of nitrogens with zero attached hydrogens (tertiary/aromatic N) is 1. The number of aromatic nitrogens is 1. The van der Waals surface area contributed by atoms with E-state index in [1.807, 2.05) is 22.6 Å². The second-order valence-electron chi connectivity index (χ2n) is 2.90. The molecule has 0 aromatic carbocycles. The minimum atomic E-state index is -2.81. The molecule has 0 bridgehead atoms. The molecule has 0 aliphatic heterocycles. The Morgan fingerprint density at radius 3 is 2.75 bits per heavy atom. The van der Waals surface area contributed by atoms with Crippen LogP contribution in [-0.2, 0) is 11.2 Å². The summed E-state index contributed by atoms with van der Waals surface area (Å²) >= 11 is 1.81. The van der Waals surface area contributed by atoms with E-state index in [1.165, 1.54) is 13.2 Å². The molecular formula is C9H8F2INO3. The fourth-order valence-electron chi connectivity index (χ4n) is 1.25. The third-order valence-electron chi connectivity index (χ3n) is 1.83. The molecule has 0 spiro atoms. The fourth-order valence-corrected chi connectivity index (χ4v) is 1.84. The van der Waals surface area contributed by atoms with Crippen LogP contribution >= 0.6 is 22.6 Å². The summed E-state index contributed by atoms with van der Waals surface area (Å²) in [4.78, 5) is 14.3. The number of methoxy groups -OCH3 is 1. The van der Waals surface area contributed by atoms with Crippen molar-refractivity contribution < 1.29 is 23.4 Å². The van der Waals surface area contributed by atoms with Gasteiger partial charge < -0.3 is 9.84 Å². The third-order valence-corrected chi connectivity index (χ3v) is 2.38. The molecule has 0 saturated heterocycles. The van der Waals surface area contributed by atoms with Gasteiger partial charge in [0.2, 0.25) is 5.88 Å². The van der Waals surface area contributed by atoms with Crippen LogP contribution in [0.5, 0.6) is 5.88 Å². The number of carbonyl (C=O) groups is 1. The van der Waals surface area contributed by atoms with Crippen LogP contribution in [0.25, 0.3) is 0 Å². The maximum absolute atomic E-state index is 12.7. The monoisotopic (exact) mass is 343 g/mol. The Morgan fingerprint density at radius 2 is 2.31 bits per heavy atom. The lowest BCUT2D eigenvalue weighted by atomic mass is 10.1. The van der Waals surface area contributed by atoms with E-state index in [1.54, 1.807) is 0 Å². The minimum absolute atomic E-state index is 0.0266. The fraction of sp³-hybridized carbons (Fsp3) is 0.333. The number of alkyl halides is 2. The van der Waals surface area contributed by atoms with Crippen molar-refractivity contribution in [1.82, 2.24) is 4.98 Å². The molecule has 0 saturated carbocycles. The van der Waals surface area contributed by atoms with Crippen molar-refractivity contribution in [1.29, 1.82) is 0 Å². The van der Waals surface area contributed by atoms with Crippen LogP contribution < -0.4 is 4.74 Å². The van der Waals surface area contributed by atoms with Gasteiger partial charge in [-0.2, -0.15) is 0 Å². The van der Waals surface area contributed by atoms with Gasteiger partial charge in [-0.25, -0.2) is 13.8 Å². The van der Waals surface area contributed by atoms with Gasteiger partial charge in [0.1, 0.15) is 3.70 Å². The molecule has 4 nitrogen and oxygen atoms in total. The van der Waals surface area contributed by atoms with Crippen molar-refractivity contribution in [3.63, 3.8) is 0 Å². The number of rotatable bonds is 4. The van der Waals surface area contributed by atoms with Gasteiger partial charge in [-0.1, -0.05) is 0 Å². The molecule has 0 radical (unpaired) electrons. The maximum atomic E-state index is 12.7. The highest BCUT2D eigenvalue weighted by Gasteiger charge is 2.22. The van der Waals surface area contributed by atoms with E-state index in [4.69, 9.17) is 9.84 Å². The number of halogens is 3. The number of pyridine rings is 1. The number of ether oxygens (including phenoxy) is 1. The maximum Gasteiger partial charge on any atom is 0.307 e. The molecular weight excluding hydrogens is 335 g/mol. The van der Waals surface area contributed by atoms with Gasteiger partial charge in [-0.05, 0) is 34.2 Å². The summed E-state index contributed by atoms with van der Waals surface area (Å²) in [5, 5.41) is 8.62. The van der Waals surface area contributed by atoms with Crippen LogP contribution in [0.4, 0.5) is 8.78 Å². The summed E-state index contributed by atoms with van der Waals surface area (Å²) in [6.07, 6.45) is -3.29. The zero-order chi connectivity index (χ0) is 12.3. The highest BCUT2D eigenvalue weighted by Crippen LogP contribution is 2.31. The van der Waals surface area contributed by atoms with E-state index in [2.05, 4.69) is 4.98 Å². The van der Waals surface area contributed by atoms with Gasteiger partial charge in [-0.3, -0.25) is 4.79 Å². The number of carboxylic acid groups (broad SMARTS) is 1. The molecule has 0 aliphatic rings. The SMILES string of the molecule is COc1nc(I)cc(CC(=O)O)c1C(F)F. The molecule has 16 heavy (non-hydrogen) atoms. The molecule has 0 fully saturated rings. The summed E-state index contributed by atoms with van der Waals surface area (Å²) in [5.74, 6) is -1.40. The van der Waals surface area contributed by atoms with Gasteiger partial charge in [0.15, 0.2) is 0 Å². The Morgan fingerprint density at radius 1 is 1.69 bits per heavy atom. The van der Waals surface area contributed by atoms with Gasteiger partial charge in [0, 0.05) is 0 Å². The molecule has 0 aliphatic carbocycles. The van der Waals surface area contributed by atoms with Crippen LogP contribution in [0.3, 0.4) is 0 Å². The molecule has 1 heterocycles. The first-order valence-electron chi connectivity index (χ1n) is 4.19. The zero-order valence-electron chi connectivity index (χ0n) is 8.21. The van der Waals surface area contributed by atoms with E-state index in [9.17, 15) is 13.6 Å². The Hall–Kier alpha value is -0.990. The van der Waals surface area contributed by atoms with Gasteiger partial charge in [-0.15, -0.1) is 0 Å². The molecule has 0 unspecified atom stereocenters. The Balaban J connectivity index is 3.32. The Kier molecular flexibility index (Phi) is 4.39. The normalized spacial score (nSPS) is 10.6. The van der Waals surface area contributed by atoms with Crippen LogP contribution in [0.2, 0.25) is 0 Å². The first kappa shape index (κ1) is 13.1. The first-order chi connectivity index (χ1) is 7.45. The zero-order valence-corrected chi connectivity index (χ0v) is 10.4. The molecule has 7 heteroatoms. The van der Waals surface area contributed by atoms with E-state index in [0.29, 0.717) is 3.70 Å². The van der Waals surface area contributed by atoms with Crippen molar-refractivity contribution in [3.05, 3.63) is 20.9 Å². The Labute approximate surface area is 104 Å². The lowest BCUT2D eigenvalue weighted by molar-refractivity contribution is -0.136. The molecule has 0 atom stereocenters. The second kappa shape index (κ2) is 5.37. The molecule has 0 amide bonds. The van der Waals surface area contributed by atoms with E-state index in [0.717, 1.165) is 0 Å². The largest absolute Gasteiger partial charge is 0.481 e. The molecule has 1 rings (SSSR count). The lowest BCUT2D eigenvalue weighted by Gasteiger charge is -2.11. The number of aliphatic carboxylic acids is 1. The lowest BCUT2D eigenvalue weighted by Crippen LogP contribution is -2.08. The van der Waals surface area contributed by atoms with Crippen molar-refractivity contribution in [2.75, 3.05) is 7.11 Å². The molecule has 88 valence electrons. The third kappa shape index (κ3) is 3.00. The summed E-state index contributed by atoms with van der Waals surface area (Å²) in [6.45, 7) is 0. The van der Waals surface area contributed by atoms with Crippen molar-refractivity contribution in [2.45, 2.75) is 12.8 Å². The van der Waals surface area contributed by atoms with Gasteiger partial charge in [0.05, 0.1) is 19.1 Å².